The van der Waals surface area contributed by atoms with Crippen molar-refractivity contribution in [2.24, 2.45) is 5.92 Å². The largest absolute Gasteiger partial charge is 0.0914 e. The summed E-state index contributed by atoms with van der Waals surface area (Å²) < 4.78 is 0. The fraction of sp³-hybridized carbons (Fsp3) is 0.818. The molecular formula is C11H22. The van der Waals surface area contributed by atoms with E-state index in [4.69, 9.17) is 0 Å². The average molecular weight is 154 g/mol. The standard InChI is InChI=1S/C11H22/c1-4-6-7-8-10-11(3)9-5-2/h5,9,11H,4,6-8,10H2,1-3H3/b9-5+. The summed E-state index contributed by atoms with van der Waals surface area (Å²) in [5, 5.41) is 0. The van der Waals surface area contributed by atoms with Gasteiger partial charge < -0.3 is 0 Å². The van der Waals surface area contributed by atoms with Crippen LogP contribution < -0.4 is 0 Å². The van der Waals surface area contributed by atoms with Gasteiger partial charge in [0, 0.05) is 0 Å². The summed E-state index contributed by atoms with van der Waals surface area (Å²) in [5.74, 6) is 0.789. The fourth-order valence-corrected chi connectivity index (χ4v) is 1.32. The van der Waals surface area contributed by atoms with E-state index in [2.05, 4.69) is 32.9 Å². The summed E-state index contributed by atoms with van der Waals surface area (Å²) in [4.78, 5) is 0. The molecule has 0 N–H and O–H groups in total. The van der Waals surface area contributed by atoms with Crippen LogP contribution in [-0.2, 0) is 0 Å². The minimum Gasteiger partial charge on any atom is -0.0914 e. The summed E-state index contributed by atoms with van der Waals surface area (Å²) in [5.41, 5.74) is 0. The Bertz CT molecular complexity index is 92.2. The molecule has 0 heterocycles. The minimum atomic E-state index is 0.789. The zero-order valence-corrected chi connectivity index (χ0v) is 8.27. The number of rotatable bonds is 6. The van der Waals surface area contributed by atoms with Crippen molar-refractivity contribution in [1.82, 2.24) is 0 Å². The van der Waals surface area contributed by atoms with Crippen LogP contribution in [0.2, 0.25) is 0 Å². The number of hydrogen-bond acceptors (Lipinski definition) is 0. The Balaban J connectivity index is 3.10. The van der Waals surface area contributed by atoms with Gasteiger partial charge in [0.2, 0.25) is 0 Å². The van der Waals surface area contributed by atoms with Crippen molar-refractivity contribution < 1.29 is 0 Å². The average Bonchev–Trinajstić information content (AvgIpc) is 1.99. The number of allylic oxidation sites excluding steroid dienone is 2. The van der Waals surface area contributed by atoms with Crippen LogP contribution in [0.25, 0.3) is 0 Å². The molecule has 0 nitrogen and oxygen atoms in total. The summed E-state index contributed by atoms with van der Waals surface area (Å²) >= 11 is 0. The summed E-state index contributed by atoms with van der Waals surface area (Å²) in [6.07, 6.45) is 11.4. The van der Waals surface area contributed by atoms with Crippen molar-refractivity contribution in [3.63, 3.8) is 0 Å². The molecule has 11 heavy (non-hydrogen) atoms. The van der Waals surface area contributed by atoms with Crippen LogP contribution in [0.1, 0.15) is 52.9 Å². The molecule has 0 aromatic rings. The highest BCUT2D eigenvalue weighted by Gasteiger charge is 1.94. The molecule has 0 aliphatic heterocycles. The molecule has 0 saturated carbocycles. The van der Waals surface area contributed by atoms with E-state index in [9.17, 15) is 0 Å². The third kappa shape index (κ3) is 7.64. The third-order valence-electron chi connectivity index (χ3n) is 2.03. The second-order valence-electron chi connectivity index (χ2n) is 3.35. The normalized spacial score (nSPS) is 14.1. The first kappa shape index (κ1) is 10.7. The highest BCUT2D eigenvalue weighted by atomic mass is 14.0. The van der Waals surface area contributed by atoms with Crippen molar-refractivity contribution in [3.05, 3.63) is 12.2 Å². The number of unbranched alkanes of at least 4 members (excludes halogenated alkanes) is 3. The molecule has 0 fully saturated rings. The maximum Gasteiger partial charge on any atom is -0.0262 e. The molecule has 0 radical (unpaired) electrons. The van der Waals surface area contributed by atoms with E-state index in [1.54, 1.807) is 0 Å². The monoisotopic (exact) mass is 154 g/mol. The van der Waals surface area contributed by atoms with Crippen molar-refractivity contribution in [2.75, 3.05) is 0 Å². The van der Waals surface area contributed by atoms with Gasteiger partial charge in [-0.25, -0.2) is 0 Å². The fourth-order valence-electron chi connectivity index (χ4n) is 1.32. The molecular weight excluding hydrogens is 132 g/mol. The molecule has 0 aromatic carbocycles. The van der Waals surface area contributed by atoms with E-state index in [0.29, 0.717) is 0 Å². The second kappa shape index (κ2) is 7.84. The van der Waals surface area contributed by atoms with Crippen molar-refractivity contribution in [2.45, 2.75) is 52.9 Å². The quantitative estimate of drug-likeness (QED) is 0.398. The van der Waals surface area contributed by atoms with E-state index in [0.717, 1.165) is 5.92 Å². The molecule has 66 valence electrons. The lowest BCUT2D eigenvalue weighted by Crippen LogP contribution is -1.88. The smallest absolute Gasteiger partial charge is 0.0262 e. The molecule has 1 atom stereocenters. The van der Waals surface area contributed by atoms with Gasteiger partial charge in [0.1, 0.15) is 0 Å². The molecule has 1 unspecified atom stereocenters. The third-order valence-corrected chi connectivity index (χ3v) is 2.03. The molecule has 0 saturated heterocycles. The zero-order chi connectivity index (χ0) is 8.53. The van der Waals surface area contributed by atoms with Gasteiger partial charge in [-0.3, -0.25) is 0 Å². The van der Waals surface area contributed by atoms with Gasteiger partial charge in [0.25, 0.3) is 0 Å². The van der Waals surface area contributed by atoms with E-state index in [1.165, 1.54) is 32.1 Å². The predicted molar refractivity (Wildman–Crippen MR) is 52.7 cm³/mol. The zero-order valence-electron chi connectivity index (χ0n) is 8.27. The van der Waals surface area contributed by atoms with Crippen LogP contribution in [0.15, 0.2) is 12.2 Å². The maximum absolute atomic E-state index is 2.30. The molecule has 0 spiro atoms. The van der Waals surface area contributed by atoms with Gasteiger partial charge >= 0.3 is 0 Å². The van der Waals surface area contributed by atoms with Gasteiger partial charge in [-0.1, -0.05) is 51.7 Å². The van der Waals surface area contributed by atoms with Crippen LogP contribution in [-0.4, -0.2) is 0 Å². The Morgan fingerprint density at radius 2 is 1.91 bits per heavy atom. The molecule has 0 bridgehead atoms. The predicted octanol–water partition coefficient (Wildman–Crippen LogP) is 4.17. The lowest BCUT2D eigenvalue weighted by Gasteiger charge is -2.04. The van der Waals surface area contributed by atoms with Gasteiger partial charge in [-0.15, -0.1) is 0 Å². The van der Waals surface area contributed by atoms with Gasteiger partial charge in [-0.05, 0) is 19.3 Å². The van der Waals surface area contributed by atoms with E-state index >= 15 is 0 Å². The van der Waals surface area contributed by atoms with Crippen molar-refractivity contribution >= 4 is 0 Å². The van der Waals surface area contributed by atoms with E-state index in [-0.39, 0.29) is 0 Å². The highest BCUT2D eigenvalue weighted by Crippen LogP contribution is 2.10. The molecule has 0 heteroatoms. The van der Waals surface area contributed by atoms with E-state index in [1.807, 2.05) is 0 Å². The second-order valence-corrected chi connectivity index (χ2v) is 3.35. The van der Waals surface area contributed by atoms with Gasteiger partial charge in [-0.2, -0.15) is 0 Å². The minimum absolute atomic E-state index is 0.789. The Labute approximate surface area is 71.7 Å². The maximum atomic E-state index is 2.30. The van der Waals surface area contributed by atoms with Crippen LogP contribution >= 0.6 is 0 Å². The SMILES string of the molecule is C/C=C/C(C)CCCCCC. The molecule has 0 aromatic heterocycles. The highest BCUT2D eigenvalue weighted by molar-refractivity contribution is 4.82. The Hall–Kier alpha value is -0.260. The first-order valence-electron chi connectivity index (χ1n) is 4.94. The van der Waals surface area contributed by atoms with Crippen molar-refractivity contribution in [3.8, 4) is 0 Å². The lowest BCUT2D eigenvalue weighted by molar-refractivity contribution is 0.561. The molecule has 0 aliphatic rings. The Morgan fingerprint density at radius 3 is 2.45 bits per heavy atom. The Morgan fingerprint density at radius 1 is 1.18 bits per heavy atom. The van der Waals surface area contributed by atoms with Gasteiger partial charge in [0.05, 0.1) is 0 Å². The summed E-state index contributed by atoms with van der Waals surface area (Å²) in [7, 11) is 0. The van der Waals surface area contributed by atoms with Crippen LogP contribution in [0.5, 0.6) is 0 Å². The van der Waals surface area contributed by atoms with Crippen LogP contribution in [0, 0.1) is 5.92 Å². The van der Waals surface area contributed by atoms with Crippen LogP contribution in [0.3, 0.4) is 0 Å². The van der Waals surface area contributed by atoms with Crippen LogP contribution in [0.4, 0.5) is 0 Å². The lowest BCUT2D eigenvalue weighted by atomic mass is 10.0. The van der Waals surface area contributed by atoms with Gasteiger partial charge in [0.15, 0.2) is 0 Å². The van der Waals surface area contributed by atoms with Crippen molar-refractivity contribution in [1.29, 1.82) is 0 Å². The first-order chi connectivity index (χ1) is 5.31. The molecule has 0 aliphatic carbocycles. The van der Waals surface area contributed by atoms with E-state index < -0.39 is 0 Å². The summed E-state index contributed by atoms with van der Waals surface area (Å²) in [6.45, 7) is 6.66. The molecule has 0 amide bonds. The Kier molecular flexibility index (Phi) is 7.66. The number of hydrogen-bond donors (Lipinski definition) is 0. The summed E-state index contributed by atoms with van der Waals surface area (Å²) in [6, 6.07) is 0. The molecule has 0 rings (SSSR count). The topological polar surface area (TPSA) is 0 Å². The first-order valence-corrected chi connectivity index (χ1v) is 4.94.